The minimum absolute atomic E-state index is 0.0103. The number of amides is 3. The molecule has 0 saturated carbocycles. The molecule has 0 unspecified atom stereocenters. The maximum atomic E-state index is 13.9. The van der Waals surface area contributed by atoms with E-state index in [9.17, 15) is 14.4 Å². The van der Waals surface area contributed by atoms with Crippen LogP contribution in [0.4, 0.5) is 0 Å². The number of likely N-dealkylation sites (tertiary alicyclic amines) is 1. The second kappa shape index (κ2) is 13.2. The van der Waals surface area contributed by atoms with Crippen molar-refractivity contribution in [2.24, 2.45) is 11.8 Å². The third-order valence-electron chi connectivity index (χ3n) is 9.38. The molecule has 6 rings (SSSR count). The molecule has 3 aliphatic rings. The highest BCUT2D eigenvalue weighted by atomic mass is 16.5. The number of ether oxygens (including phenoxy) is 2. The van der Waals surface area contributed by atoms with Gasteiger partial charge in [0.2, 0.25) is 11.8 Å². The molecule has 44 heavy (non-hydrogen) atoms. The zero-order valence-electron chi connectivity index (χ0n) is 25.6. The molecule has 4 heterocycles. The molecule has 232 valence electrons. The molecular weight excluding hydrogens is 558 g/mol. The van der Waals surface area contributed by atoms with Gasteiger partial charge in [-0.1, -0.05) is 6.07 Å². The predicted molar refractivity (Wildman–Crippen MR) is 166 cm³/mol. The van der Waals surface area contributed by atoms with Crippen molar-refractivity contribution in [2.75, 3.05) is 40.4 Å². The molecule has 0 radical (unpaired) electrons. The van der Waals surface area contributed by atoms with Gasteiger partial charge in [0.1, 0.15) is 0 Å². The second-order valence-electron chi connectivity index (χ2n) is 12.3. The van der Waals surface area contributed by atoms with Crippen LogP contribution in [0.3, 0.4) is 0 Å². The van der Waals surface area contributed by atoms with Crippen molar-refractivity contribution in [3.05, 3.63) is 59.4 Å². The highest BCUT2D eigenvalue weighted by molar-refractivity contribution is 5.97. The first-order chi connectivity index (χ1) is 21.4. The first-order valence-corrected chi connectivity index (χ1v) is 15.7. The highest BCUT2D eigenvalue weighted by Crippen LogP contribution is 2.37. The van der Waals surface area contributed by atoms with E-state index < -0.39 is 0 Å². The Morgan fingerprint density at radius 2 is 1.75 bits per heavy atom. The number of rotatable bonds is 3. The van der Waals surface area contributed by atoms with E-state index in [-0.39, 0.29) is 35.6 Å². The smallest absolute Gasteiger partial charge is 0.253 e. The number of hydrogen-bond donors (Lipinski definition) is 1. The number of aromatic nitrogens is 2. The predicted octanol–water partition coefficient (Wildman–Crippen LogP) is 3.80. The molecule has 0 aliphatic carbocycles. The van der Waals surface area contributed by atoms with Gasteiger partial charge in [-0.2, -0.15) is 0 Å². The van der Waals surface area contributed by atoms with Crippen LogP contribution >= 0.6 is 0 Å². The maximum Gasteiger partial charge on any atom is 0.253 e. The summed E-state index contributed by atoms with van der Waals surface area (Å²) in [7, 11) is 3.26. The van der Waals surface area contributed by atoms with E-state index in [1.54, 1.807) is 26.6 Å². The summed E-state index contributed by atoms with van der Waals surface area (Å²) in [6.45, 7) is 2.42. The molecule has 10 heteroatoms. The van der Waals surface area contributed by atoms with Gasteiger partial charge in [0.05, 0.1) is 25.3 Å². The molecule has 3 aliphatic heterocycles. The maximum absolute atomic E-state index is 13.9. The fourth-order valence-corrected chi connectivity index (χ4v) is 7.35. The Kier molecular flexibility index (Phi) is 8.95. The molecule has 1 N–H and O–H groups in total. The van der Waals surface area contributed by atoms with Gasteiger partial charge in [0.15, 0.2) is 11.5 Å². The number of benzene rings is 2. The van der Waals surface area contributed by atoms with Crippen LogP contribution < -0.4 is 14.8 Å². The average Bonchev–Trinajstić information content (AvgIpc) is 3.04. The quantitative estimate of drug-likeness (QED) is 0.487. The molecule has 3 atom stereocenters. The van der Waals surface area contributed by atoms with Crippen LogP contribution in [-0.2, 0) is 22.4 Å². The number of carbonyl (C=O) groups excluding carboxylic acids is 3. The van der Waals surface area contributed by atoms with Gasteiger partial charge in [-0.3, -0.25) is 24.4 Å². The molecule has 3 amide bonds. The fraction of sp³-hybridized carbons (Fsp3) is 0.500. The van der Waals surface area contributed by atoms with E-state index in [0.29, 0.717) is 74.4 Å². The van der Waals surface area contributed by atoms with Crippen molar-refractivity contribution in [3.8, 4) is 11.5 Å². The van der Waals surface area contributed by atoms with Crippen molar-refractivity contribution >= 4 is 28.8 Å². The first-order valence-electron chi connectivity index (χ1n) is 15.7. The minimum Gasteiger partial charge on any atom is -0.493 e. The molecule has 2 fully saturated rings. The van der Waals surface area contributed by atoms with Gasteiger partial charge in [-0.25, -0.2) is 0 Å². The van der Waals surface area contributed by atoms with E-state index in [2.05, 4.69) is 26.3 Å². The Labute approximate surface area is 258 Å². The van der Waals surface area contributed by atoms with Crippen molar-refractivity contribution in [1.82, 2.24) is 25.1 Å². The average molecular weight is 600 g/mol. The van der Waals surface area contributed by atoms with Crippen LogP contribution in [0.2, 0.25) is 0 Å². The van der Waals surface area contributed by atoms with Crippen LogP contribution in [0.25, 0.3) is 11.0 Å². The topological polar surface area (TPSA) is 114 Å². The van der Waals surface area contributed by atoms with Crippen molar-refractivity contribution in [2.45, 2.75) is 57.4 Å². The number of aryl methyl sites for hydroxylation is 2. The summed E-state index contributed by atoms with van der Waals surface area (Å²) in [4.78, 5) is 53.0. The van der Waals surface area contributed by atoms with Gasteiger partial charge in [0, 0.05) is 63.0 Å². The third kappa shape index (κ3) is 6.34. The highest BCUT2D eigenvalue weighted by Gasteiger charge is 2.43. The lowest BCUT2D eigenvalue weighted by molar-refractivity contribution is -0.140. The first kappa shape index (κ1) is 29.8. The number of fused-ring (bicyclic) bond motifs is 7. The van der Waals surface area contributed by atoms with Gasteiger partial charge in [0.25, 0.3) is 5.91 Å². The lowest BCUT2D eigenvalue weighted by atomic mass is 9.77. The lowest BCUT2D eigenvalue weighted by Crippen LogP contribution is -2.60. The standard InChI is InChI=1S/C34H41N5O5/c1-43-30-17-22-8-11-32(41)39-20-23-16-26(21-38(19-23)34(42)25-9-10-27-28(18-25)36-14-13-35-27)29(39)6-3-7-31(40)37-12-4-5-24(15-22)33(30)44-2/h9-10,13-15,17-18,23,26,29H,3-8,11-12,16,19-21H2,1-2H3,(H,37,40)/t23-,26-,29-/m0/s1. The Hall–Kier alpha value is -4.21. The number of hydrogen-bond acceptors (Lipinski definition) is 7. The Balaban J connectivity index is 1.22. The number of methoxy groups -OCH3 is 2. The molecule has 4 bridgehead atoms. The van der Waals surface area contributed by atoms with Gasteiger partial charge in [-0.05, 0) is 85.8 Å². The molecule has 2 aromatic carbocycles. The van der Waals surface area contributed by atoms with Gasteiger partial charge in [-0.15, -0.1) is 0 Å². The monoisotopic (exact) mass is 599 g/mol. The number of nitrogens with one attached hydrogen (secondary N) is 1. The Morgan fingerprint density at radius 3 is 2.57 bits per heavy atom. The minimum atomic E-state index is -0.0153. The van der Waals surface area contributed by atoms with Crippen LogP contribution in [0.15, 0.2) is 42.7 Å². The second-order valence-corrected chi connectivity index (χ2v) is 12.3. The van der Waals surface area contributed by atoms with Gasteiger partial charge >= 0.3 is 0 Å². The summed E-state index contributed by atoms with van der Waals surface area (Å²) in [5.41, 5.74) is 4.12. The number of piperidine rings is 2. The molecule has 2 saturated heterocycles. The normalized spacial score (nSPS) is 23.1. The Morgan fingerprint density at radius 1 is 0.909 bits per heavy atom. The van der Waals surface area contributed by atoms with Crippen LogP contribution in [0.1, 0.15) is 60.0 Å². The van der Waals surface area contributed by atoms with E-state index in [1.807, 2.05) is 29.2 Å². The van der Waals surface area contributed by atoms with Crippen LogP contribution in [-0.4, -0.2) is 83.9 Å². The van der Waals surface area contributed by atoms with Crippen molar-refractivity contribution < 1.29 is 23.9 Å². The van der Waals surface area contributed by atoms with E-state index in [4.69, 9.17) is 9.47 Å². The van der Waals surface area contributed by atoms with Gasteiger partial charge < -0.3 is 24.6 Å². The van der Waals surface area contributed by atoms with E-state index >= 15 is 0 Å². The van der Waals surface area contributed by atoms with E-state index in [0.717, 1.165) is 42.3 Å². The largest absolute Gasteiger partial charge is 0.493 e. The molecule has 1 aromatic heterocycles. The van der Waals surface area contributed by atoms with Crippen LogP contribution in [0, 0.1) is 11.8 Å². The number of nitrogens with zero attached hydrogens (tertiary/aromatic N) is 4. The molecule has 10 nitrogen and oxygen atoms in total. The SMILES string of the molecule is COc1cc2cc(c1OC)CCCNC(=O)CCC[C@H]1[C@H]3C[C@@H](CN(C(=O)c4ccc5nccnc5c4)C3)CN1C(=O)CC2. The molecule has 0 spiro atoms. The zero-order chi connectivity index (χ0) is 30.6. The third-order valence-corrected chi connectivity index (χ3v) is 9.38. The molecular formula is C34H41N5O5. The van der Waals surface area contributed by atoms with Crippen LogP contribution in [0.5, 0.6) is 11.5 Å². The van der Waals surface area contributed by atoms with Crippen molar-refractivity contribution in [1.29, 1.82) is 0 Å². The summed E-state index contributed by atoms with van der Waals surface area (Å²) in [6, 6.07) is 9.53. The lowest BCUT2D eigenvalue weighted by Gasteiger charge is -2.51. The van der Waals surface area contributed by atoms with Crippen molar-refractivity contribution in [3.63, 3.8) is 0 Å². The summed E-state index contributed by atoms with van der Waals surface area (Å²) in [5.74, 6) is 1.88. The zero-order valence-corrected chi connectivity index (χ0v) is 25.6. The Bertz CT molecular complexity index is 1540. The summed E-state index contributed by atoms with van der Waals surface area (Å²) in [5, 5.41) is 3.06. The summed E-state index contributed by atoms with van der Waals surface area (Å²) >= 11 is 0. The molecule has 3 aromatic rings. The summed E-state index contributed by atoms with van der Waals surface area (Å²) < 4.78 is 11.3. The van der Waals surface area contributed by atoms with E-state index in [1.165, 1.54) is 0 Å². The summed E-state index contributed by atoms with van der Waals surface area (Å²) in [6.07, 6.45) is 8.63. The fourth-order valence-electron chi connectivity index (χ4n) is 7.35. The number of carbonyl (C=O) groups is 3.